The summed E-state index contributed by atoms with van der Waals surface area (Å²) in [6.45, 7) is 2.70. The second-order valence-corrected chi connectivity index (χ2v) is 10.4. The van der Waals surface area contributed by atoms with E-state index in [1.807, 2.05) is 49.4 Å². The predicted molar refractivity (Wildman–Crippen MR) is 152 cm³/mol. The molecule has 0 unspecified atom stereocenters. The number of thioether (sulfide) groups is 1. The van der Waals surface area contributed by atoms with Crippen molar-refractivity contribution in [1.29, 1.82) is 0 Å². The summed E-state index contributed by atoms with van der Waals surface area (Å²) >= 11 is 4.47. The minimum absolute atomic E-state index is 0.202. The van der Waals surface area contributed by atoms with Crippen molar-refractivity contribution < 1.29 is 23.5 Å². The molecule has 0 aromatic heterocycles. The van der Waals surface area contributed by atoms with Gasteiger partial charge in [0.2, 0.25) is 0 Å². The molecular formula is C30H23BrFNO4S. The molecule has 5 rings (SSSR count). The summed E-state index contributed by atoms with van der Waals surface area (Å²) in [7, 11) is 0. The van der Waals surface area contributed by atoms with E-state index in [4.69, 9.17) is 9.47 Å². The molecule has 4 aromatic carbocycles. The normalized spacial score (nSPS) is 14.5. The molecule has 0 atom stereocenters. The summed E-state index contributed by atoms with van der Waals surface area (Å²) in [6, 6.07) is 23.4. The number of rotatable bonds is 8. The quantitative estimate of drug-likeness (QED) is 0.194. The molecule has 1 saturated heterocycles. The van der Waals surface area contributed by atoms with E-state index in [9.17, 15) is 14.0 Å². The van der Waals surface area contributed by atoms with E-state index in [2.05, 4.69) is 15.9 Å². The fraction of sp³-hybridized carbons (Fsp3) is 0.133. The second kappa shape index (κ2) is 11.4. The number of carbonyl (C=O) groups excluding carboxylic acids is 2. The lowest BCUT2D eigenvalue weighted by molar-refractivity contribution is -0.123. The van der Waals surface area contributed by atoms with E-state index in [1.165, 1.54) is 17.0 Å². The van der Waals surface area contributed by atoms with Crippen LogP contribution in [0.2, 0.25) is 0 Å². The molecule has 0 radical (unpaired) electrons. The highest BCUT2D eigenvalue weighted by Crippen LogP contribution is 2.40. The van der Waals surface area contributed by atoms with Gasteiger partial charge in [-0.3, -0.25) is 14.5 Å². The average molecular weight is 592 g/mol. The minimum atomic E-state index is -0.335. The highest BCUT2D eigenvalue weighted by Gasteiger charge is 2.35. The monoisotopic (exact) mass is 591 g/mol. The average Bonchev–Trinajstić information content (AvgIpc) is 3.17. The first-order chi connectivity index (χ1) is 18.4. The molecule has 5 nitrogen and oxygen atoms in total. The van der Waals surface area contributed by atoms with Gasteiger partial charge in [0.05, 0.1) is 22.5 Å². The van der Waals surface area contributed by atoms with E-state index < -0.39 is 0 Å². The second-order valence-electron chi connectivity index (χ2n) is 8.58. The summed E-state index contributed by atoms with van der Waals surface area (Å²) in [6.07, 6.45) is 1.69. The van der Waals surface area contributed by atoms with Crippen LogP contribution in [-0.2, 0) is 17.9 Å². The Kier molecular flexibility index (Phi) is 7.81. The molecule has 0 aliphatic carbocycles. The van der Waals surface area contributed by atoms with Crippen LogP contribution in [0, 0.1) is 5.82 Å². The first kappa shape index (κ1) is 26.0. The smallest absolute Gasteiger partial charge is 0.293 e. The maximum atomic E-state index is 13.2. The summed E-state index contributed by atoms with van der Waals surface area (Å²) in [5.41, 5.74) is 2.41. The Morgan fingerprint density at radius 2 is 1.74 bits per heavy atom. The fourth-order valence-electron chi connectivity index (χ4n) is 4.20. The highest BCUT2D eigenvalue weighted by atomic mass is 79.9. The van der Waals surface area contributed by atoms with Crippen molar-refractivity contribution in [2.45, 2.75) is 20.1 Å². The van der Waals surface area contributed by atoms with Crippen LogP contribution in [0.3, 0.4) is 0 Å². The van der Waals surface area contributed by atoms with Crippen molar-refractivity contribution in [2.75, 3.05) is 6.61 Å². The third-order valence-corrected chi connectivity index (χ3v) is 7.50. The number of halogens is 2. The summed E-state index contributed by atoms with van der Waals surface area (Å²) in [4.78, 5) is 27.6. The lowest BCUT2D eigenvalue weighted by Crippen LogP contribution is -2.27. The van der Waals surface area contributed by atoms with Crippen molar-refractivity contribution >= 4 is 55.7 Å². The van der Waals surface area contributed by atoms with E-state index >= 15 is 0 Å². The molecule has 38 heavy (non-hydrogen) atoms. The van der Waals surface area contributed by atoms with Crippen LogP contribution in [0.25, 0.3) is 16.8 Å². The maximum Gasteiger partial charge on any atom is 0.293 e. The molecule has 2 amide bonds. The molecule has 8 heteroatoms. The molecule has 1 heterocycles. The van der Waals surface area contributed by atoms with E-state index in [-0.39, 0.29) is 30.1 Å². The maximum absolute atomic E-state index is 13.2. The first-order valence-electron chi connectivity index (χ1n) is 12.0. The van der Waals surface area contributed by atoms with Gasteiger partial charge in [-0.2, -0.15) is 0 Å². The van der Waals surface area contributed by atoms with Crippen molar-refractivity contribution in [2.24, 2.45) is 0 Å². The van der Waals surface area contributed by atoms with Crippen molar-refractivity contribution in [3.63, 3.8) is 0 Å². The van der Waals surface area contributed by atoms with Gasteiger partial charge in [0.15, 0.2) is 11.5 Å². The SMILES string of the molecule is CCOc1cc(/C=C2\SC(=O)N(Cc3cccc4ccccc34)C2=O)cc(Br)c1OCc1ccc(F)cc1. The Hall–Kier alpha value is -3.62. The summed E-state index contributed by atoms with van der Waals surface area (Å²) in [5, 5.41) is 1.76. The van der Waals surface area contributed by atoms with Crippen LogP contribution in [0.15, 0.2) is 88.2 Å². The molecule has 0 spiro atoms. The van der Waals surface area contributed by atoms with E-state index in [1.54, 1.807) is 30.3 Å². The third-order valence-electron chi connectivity index (χ3n) is 6.01. The Labute approximate surface area is 232 Å². The number of benzene rings is 4. The van der Waals surface area contributed by atoms with Crippen LogP contribution in [-0.4, -0.2) is 22.7 Å². The van der Waals surface area contributed by atoms with Crippen LogP contribution in [0.1, 0.15) is 23.6 Å². The van der Waals surface area contributed by atoms with Gasteiger partial charge in [0.1, 0.15) is 12.4 Å². The molecule has 1 aliphatic rings. The molecular weight excluding hydrogens is 569 g/mol. The Morgan fingerprint density at radius 1 is 0.974 bits per heavy atom. The number of amides is 2. The van der Waals surface area contributed by atoms with Gasteiger partial charge in [-0.15, -0.1) is 0 Å². The van der Waals surface area contributed by atoms with Crippen molar-refractivity contribution in [1.82, 2.24) is 4.90 Å². The van der Waals surface area contributed by atoms with Gasteiger partial charge in [-0.25, -0.2) is 4.39 Å². The molecule has 1 fully saturated rings. The zero-order chi connectivity index (χ0) is 26.6. The first-order valence-corrected chi connectivity index (χ1v) is 13.6. The number of imide groups is 1. The van der Waals surface area contributed by atoms with Gasteiger partial charge >= 0.3 is 0 Å². The molecule has 192 valence electrons. The number of carbonyl (C=O) groups is 2. The molecule has 1 aliphatic heterocycles. The number of fused-ring (bicyclic) bond motifs is 1. The van der Waals surface area contributed by atoms with Crippen LogP contribution in [0.5, 0.6) is 11.5 Å². The topological polar surface area (TPSA) is 55.8 Å². The Morgan fingerprint density at radius 3 is 2.53 bits per heavy atom. The van der Waals surface area contributed by atoms with E-state index in [0.717, 1.165) is 33.7 Å². The highest BCUT2D eigenvalue weighted by molar-refractivity contribution is 9.10. The zero-order valence-electron chi connectivity index (χ0n) is 20.4. The largest absolute Gasteiger partial charge is 0.490 e. The fourth-order valence-corrected chi connectivity index (χ4v) is 5.61. The molecule has 0 N–H and O–H groups in total. The van der Waals surface area contributed by atoms with Crippen molar-refractivity contribution in [3.8, 4) is 11.5 Å². The van der Waals surface area contributed by atoms with Gasteiger partial charge in [-0.05, 0) is 92.4 Å². The molecule has 0 bridgehead atoms. The number of ether oxygens (including phenoxy) is 2. The zero-order valence-corrected chi connectivity index (χ0v) is 22.9. The molecule has 4 aromatic rings. The standard InChI is InChI=1S/C30H23BrFNO4S/c1-2-36-26-15-20(14-25(31)28(26)37-18-19-10-12-23(32)13-11-19)16-27-29(34)33(30(35)38-27)17-22-8-5-7-21-6-3-4-9-24(21)22/h3-16H,2,17-18H2,1H3/b27-16-. The summed E-state index contributed by atoms with van der Waals surface area (Å²) in [5.74, 6) is 0.345. The van der Waals surface area contributed by atoms with Crippen LogP contribution < -0.4 is 9.47 Å². The Bertz CT molecular complexity index is 1550. The van der Waals surface area contributed by atoms with Crippen LogP contribution in [0.4, 0.5) is 9.18 Å². The van der Waals surface area contributed by atoms with E-state index in [0.29, 0.717) is 33.0 Å². The third kappa shape index (κ3) is 5.61. The lowest BCUT2D eigenvalue weighted by atomic mass is 10.0. The number of nitrogens with zero attached hydrogens (tertiary/aromatic N) is 1. The van der Waals surface area contributed by atoms with Gasteiger partial charge in [-0.1, -0.05) is 54.6 Å². The summed E-state index contributed by atoms with van der Waals surface area (Å²) < 4.78 is 25.6. The molecule has 0 saturated carbocycles. The van der Waals surface area contributed by atoms with Gasteiger partial charge < -0.3 is 9.47 Å². The van der Waals surface area contributed by atoms with Crippen molar-refractivity contribution in [3.05, 3.63) is 111 Å². The number of hydrogen-bond acceptors (Lipinski definition) is 5. The van der Waals surface area contributed by atoms with Gasteiger partial charge in [0.25, 0.3) is 11.1 Å². The predicted octanol–water partition coefficient (Wildman–Crippen LogP) is 7.96. The minimum Gasteiger partial charge on any atom is -0.490 e. The van der Waals surface area contributed by atoms with Crippen LogP contribution >= 0.6 is 27.7 Å². The lowest BCUT2D eigenvalue weighted by Gasteiger charge is -2.15. The van der Waals surface area contributed by atoms with Gasteiger partial charge in [0, 0.05) is 0 Å². The Balaban J connectivity index is 1.38. The number of hydrogen-bond donors (Lipinski definition) is 0.